The van der Waals surface area contributed by atoms with Crippen molar-refractivity contribution in [2.24, 2.45) is 4.99 Å². The number of ether oxygens (including phenoxy) is 2. The van der Waals surface area contributed by atoms with Crippen LogP contribution in [0.2, 0.25) is 0 Å². The minimum absolute atomic E-state index is 0.228. The summed E-state index contributed by atoms with van der Waals surface area (Å²) in [6, 6.07) is 11.3. The van der Waals surface area contributed by atoms with E-state index in [1.807, 2.05) is 68.8 Å². The fourth-order valence-electron chi connectivity index (χ4n) is 4.08. The summed E-state index contributed by atoms with van der Waals surface area (Å²) in [4.78, 5) is 17.8. The molecule has 0 spiro atoms. The Morgan fingerprint density at radius 2 is 1.74 bits per heavy atom. The highest BCUT2D eigenvalue weighted by Crippen LogP contribution is 2.32. The first-order valence-electron chi connectivity index (χ1n) is 11.5. The van der Waals surface area contributed by atoms with Gasteiger partial charge in [0.25, 0.3) is 5.91 Å². The van der Waals surface area contributed by atoms with E-state index in [4.69, 9.17) is 14.5 Å². The normalized spacial score (nSPS) is 13.0. The Morgan fingerprint density at radius 1 is 1.03 bits per heavy atom. The van der Waals surface area contributed by atoms with Crippen molar-refractivity contribution in [1.82, 2.24) is 15.1 Å². The lowest BCUT2D eigenvalue weighted by Crippen LogP contribution is -2.36. The van der Waals surface area contributed by atoms with Gasteiger partial charge in [0.1, 0.15) is 13.2 Å². The van der Waals surface area contributed by atoms with Crippen molar-refractivity contribution in [2.45, 2.75) is 47.7 Å². The molecule has 2 N–H and O–H groups in total. The van der Waals surface area contributed by atoms with Gasteiger partial charge in [-0.3, -0.25) is 14.8 Å². The molecule has 4 rings (SSSR count). The number of carbonyl (C=O) groups excluding carboxylic acids is 1. The number of aryl methyl sites for hydroxylation is 4. The van der Waals surface area contributed by atoms with Crippen LogP contribution in [-0.4, -0.2) is 34.9 Å². The molecule has 34 heavy (non-hydrogen) atoms. The number of hydrogen-bond acceptors (Lipinski definition) is 5. The average Bonchev–Trinajstić information content (AvgIpc) is 3.09. The minimum atomic E-state index is -0.228. The van der Waals surface area contributed by atoms with E-state index in [2.05, 4.69) is 22.7 Å². The Morgan fingerprint density at radius 3 is 2.41 bits per heavy atom. The Bertz CT molecular complexity index is 1230. The van der Waals surface area contributed by atoms with E-state index in [0.29, 0.717) is 42.8 Å². The summed E-state index contributed by atoms with van der Waals surface area (Å²) in [5.74, 6) is 1.48. The largest absolute Gasteiger partial charge is 0.486 e. The summed E-state index contributed by atoms with van der Waals surface area (Å²) < 4.78 is 13.3. The first-order valence-corrected chi connectivity index (χ1v) is 11.5. The first-order chi connectivity index (χ1) is 16.3. The van der Waals surface area contributed by atoms with Crippen LogP contribution in [0.1, 0.15) is 45.4 Å². The molecule has 0 bridgehead atoms. The van der Waals surface area contributed by atoms with Gasteiger partial charge in [-0.1, -0.05) is 17.2 Å². The van der Waals surface area contributed by atoms with Crippen molar-refractivity contribution in [3.63, 3.8) is 0 Å². The Labute approximate surface area is 200 Å². The molecule has 1 aromatic heterocycles. The van der Waals surface area contributed by atoms with Gasteiger partial charge in [0.05, 0.1) is 12.2 Å². The number of carbonyl (C=O) groups is 1. The predicted molar refractivity (Wildman–Crippen MR) is 133 cm³/mol. The summed E-state index contributed by atoms with van der Waals surface area (Å²) in [6.07, 6.45) is 0. The number of nitrogens with one attached hydrogen (secondary N) is 2. The molecule has 0 fully saturated rings. The van der Waals surface area contributed by atoms with Crippen molar-refractivity contribution in [3.05, 3.63) is 70.0 Å². The van der Waals surface area contributed by atoms with Crippen LogP contribution in [-0.2, 0) is 13.1 Å². The summed E-state index contributed by atoms with van der Waals surface area (Å²) in [5.41, 5.74) is 6.43. The lowest BCUT2D eigenvalue weighted by atomic mass is 10.1. The van der Waals surface area contributed by atoms with E-state index in [9.17, 15) is 4.79 Å². The topological polar surface area (TPSA) is 89.8 Å². The van der Waals surface area contributed by atoms with Crippen LogP contribution >= 0.6 is 0 Å². The Hall–Kier alpha value is -3.81. The number of hydrogen-bond donors (Lipinski definition) is 2. The summed E-state index contributed by atoms with van der Waals surface area (Å²) >= 11 is 0. The average molecular weight is 462 g/mol. The lowest BCUT2D eigenvalue weighted by molar-refractivity contribution is 0.0976. The zero-order valence-corrected chi connectivity index (χ0v) is 20.4. The van der Waals surface area contributed by atoms with Crippen LogP contribution in [0.3, 0.4) is 0 Å². The summed E-state index contributed by atoms with van der Waals surface area (Å²) in [6.45, 7) is 12.2. The van der Waals surface area contributed by atoms with Crippen molar-refractivity contribution in [1.29, 1.82) is 0 Å². The predicted octanol–water partition coefficient (Wildman–Crippen LogP) is 4.31. The van der Waals surface area contributed by atoms with Gasteiger partial charge in [0.2, 0.25) is 5.96 Å². The maximum Gasteiger partial charge on any atom is 0.257 e. The molecule has 1 aliphatic rings. The Kier molecular flexibility index (Phi) is 6.86. The molecule has 1 aliphatic heterocycles. The molecule has 0 saturated carbocycles. The van der Waals surface area contributed by atoms with Crippen molar-refractivity contribution < 1.29 is 14.3 Å². The molecule has 3 aromatic rings. The number of amides is 1. The van der Waals surface area contributed by atoms with Crippen LogP contribution in [0.4, 0.5) is 5.69 Å². The quantitative estimate of drug-likeness (QED) is 0.437. The smallest absolute Gasteiger partial charge is 0.257 e. The first kappa shape index (κ1) is 23.4. The summed E-state index contributed by atoms with van der Waals surface area (Å²) in [7, 11) is 0. The molecule has 1 amide bonds. The number of aliphatic imine (C=N–C) groups is 1. The Balaban J connectivity index is 1.62. The van der Waals surface area contributed by atoms with Gasteiger partial charge in [0, 0.05) is 35.1 Å². The highest BCUT2D eigenvalue weighted by atomic mass is 16.6. The third-order valence-corrected chi connectivity index (χ3v) is 5.75. The van der Waals surface area contributed by atoms with Gasteiger partial charge in [-0.05, 0) is 58.9 Å². The molecule has 0 aliphatic carbocycles. The second-order valence-corrected chi connectivity index (χ2v) is 8.44. The van der Waals surface area contributed by atoms with Crippen LogP contribution in [0.25, 0.3) is 0 Å². The second kappa shape index (κ2) is 9.99. The molecule has 2 aromatic carbocycles. The SMILES string of the molecule is CCn1nc(C)c(CN=C(NC(=O)c2cc(C)cc(C)c2)Nc2ccc3c(c2)OCCO3)c1C. The fraction of sp³-hybridized carbons (Fsp3) is 0.346. The zero-order chi connectivity index (χ0) is 24.2. The van der Waals surface area contributed by atoms with Gasteiger partial charge in [-0.2, -0.15) is 5.10 Å². The van der Waals surface area contributed by atoms with Gasteiger partial charge in [0.15, 0.2) is 11.5 Å². The van der Waals surface area contributed by atoms with E-state index >= 15 is 0 Å². The van der Waals surface area contributed by atoms with Crippen LogP contribution in [0.15, 0.2) is 41.4 Å². The molecule has 0 radical (unpaired) electrons. The van der Waals surface area contributed by atoms with Gasteiger partial charge in [-0.25, -0.2) is 4.99 Å². The van der Waals surface area contributed by atoms with E-state index in [1.165, 1.54) is 0 Å². The van der Waals surface area contributed by atoms with Crippen molar-refractivity contribution >= 4 is 17.6 Å². The molecule has 0 saturated heterocycles. The molecule has 2 heterocycles. The highest BCUT2D eigenvalue weighted by Gasteiger charge is 2.16. The highest BCUT2D eigenvalue weighted by molar-refractivity contribution is 6.10. The van der Waals surface area contributed by atoms with E-state index in [-0.39, 0.29) is 5.91 Å². The number of fused-ring (bicyclic) bond motifs is 1. The molecular weight excluding hydrogens is 430 g/mol. The van der Waals surface area contributed by atoms with Crippen LogP contribution in [0.5, 0.6) is 11.5 Å². The van der Waals surface area contributed by atoms with Crippen molar-refractivity contribution in [3.8, 4) is 11.5 Å². The van der Waals surface area contributed by atoms with Crippen molar-refractivity contribution in [2.75, 3.05) is 18.5 Å². The molecule has 8 heteroatoms. The monoisotopic (exact) mass is 461 g/mol. The van der Waals surface area contributed by atoms with E-state index < -0.39 is 0 Å². The third kappa shape index (κ3) is 5.22. The van der Waals surface area contributed by atoms with E-state index in [1.54, 1.807) is 0 Å². The molecule has 0 atom stereocenters. The van der Waals surface area contributed by atoms with Crippen LogP contribution < -0.4 is 20.1 Å². The molecule has 8 nitrogen and oxygen atoms in total. The number of rotatable bonds is 5. The van der Waals surface area contributed by atoms with Crippen LogP contribution in [0, 0.1) is 27.7 Å². The molecule has 0 unspecified atom stereocenters. The maximum absolute atomic E-state index is 13.1. The van der Waals surface area contributed by atoms with Gasteiger partial charge in [-0.15, -0.1) is 0 Å². The minimum Gasteiger partial charge on any atom is -0.486 e. The molecule has 178 valence electrons. The second-order valence-electron chi connectivity index (χ2n) is 8.44. The standard InChI is InChI=1S/C26H31N5O3/c1-6-31-19(5)22(18(4)30-31)15-27-26(29-25(32)20-12-16(2)11-17(3)13-20)28-21-7-8-23-24(14-21)34-10-9-33-23/h7-8,11-14H,6,9-10,15H2,1-5H3,(H2,27,28,29,32). The van der Waals surface area contributed by atoms with Gasteiger partial charge < -0.3 is 14.8 Å². The number of benzene rings is 2. The molecular formula is C26H31N5O3. The summed E-state index contributed by atoms with van der Waals surface area (Å²) in [5, 5.41) is 10.8. The van der Waals surface area contributed by atoms with Gasteiger partial charge >= 0.3 is 0 Å². The maximum atomic E-state index is 13.1. The fourth-order valence-corrected chi connectivity index (χ4v) is 4.08. The zero-order valence-electron chi connectivity index (χ0n) is 20.4. The lowest BCUT2D eigenvalue weighted by Gasteiger charge is -2.19. The number of anilines is 1. The number of nitrogens with zero attached hydrogens (tertiary/aromatic N) is 3. The number of aromatic nitrogens is 2. The number of guanidine groups is 1. The third-order valence-electron chi connectivity index (χ3n) is 5.75. The van der Waals surface area contributed by atoms with E-state index in [0.717, 1.165) is 40.3 Å².